The van der Waals surface area contributed by atoms with E-state index in [-0.39, 0.29) is 17.4 Å². The third-order valence-electron chi connectivity index (χ3n) is 4.19. The van der Waals surface area contributed by atoms with Crippen LogP contribution in [-0.2, 0) is 0 Å². The monoisotopic (exact) mass is 366 g/mol. The molecule has 0 saturated carbocycles. The third kappa shape index (κ3) is 3.47. The maximum atomic E-state index is 12.7. The lowest BCUT2D eigenvalue weighted by Gasteiger charge is -2.11. The summed E-state index contributed by atoms with van der Waals surface area (Å²) >= 11 is 0. The van der Waals surface area contributed by atoms with Gasteiger partial charge in [-0.25, -0.2) is 9.78 Å². The smallest absolute Gasteiger partial charge is 0.264 e. The molecule has 0 fully saturated rings. The molecule has 9 heteroatoms. The minimum atomic E-state index is -0.361. The molecule has 1 aromatic carbocycles. The van der Waals surface area contributed by atoms with Crippen molar-refractivity contribution in [2.24, 2.45) is 0 Å². The molecule has 0 aliphatic carbocycles. The van der Waals surface area contributed by atoms with E-state index in [1.165, 1.54) is 23.0 Å². The number of aromatic nitrogens is 4. The summed E-state index contributed by atoms with van der Waals surface area (Å²) in [6.07, 6.45) is 1.43. The number of carbonyl (C=O) groups excluding carboxylic acids is 2. The number of benzene rings is 1. The van der Waals surface area contributed by atoms with Crippen molar-refractivity contribution >= 4 is 17.5 Å². The van der Waals surface area contributed by atoms with Crippen LogP contribution in [0.2, 0.25) is 0 Å². The van der Waals surface area contributed by atoms with Crippen LogP contribution < -0.4 is 16.2 Å². The number of amides is 2. The lowest BCUT2D eigenvalue weighted by molar-refractivity contribution is 0.0960. The van der Waals surface area contributed by atoms with Gasteiger partial charge in [0.1, 0.15) is 0 Å². The molecule has 2 amide bonds. The molecule has 3 rings (SSSR count). The van der Waals surface area contributed by atoms with E-state index in [4.69, 9.17) is 0 Å². The number of hydrogen-bond donors (Lipinski definition) is 3. The van der Waals surface area contributed by atoms with E-state index >= 15 is 0 Å². The standard InChI is InChI=1S/C18H18N6O3/c1-10-12(17(26)19-3)5-4-6-14(10)21-18(27)13-9-20-24(11(13)2)15-7-8-16(25)23-22-15/h4-9H,1-3H3,(H,19,26)(H,21,27)(H,23,25). The Balaban J connectivity index is 1.89. The van der Waals surface area contributed by atoms with Crippen molar-refractivity contribution in [3.8, 4) is 5.82 Å². The van der Waals surface area contributed by atoms with E-state index in [0.29, 0.717) is 33.9 Å². The van der Waals surface area contributed by atoms with E-state index in [1.54, 1.807) is 39.1 Å². The molecule has 0 radical (unpaired) electrons. The van der Waals surface area contributed by atoms with Crippen molar-refractivity contribution in [3.05, 3.63) is 69.3 Å². The first-order valence-corrected chi connectivity index (χ1v) is 8.16. The fraction of sp³-hybridized carbons (Fsp3) is 0.167. The predicted molar refractivity (Wildman–Crippen MR) is 99.2 cm³/mol. The number of rotatable bonds is 4. The Morgan fingerprint density at radius 2 is 1.85 bits per heavy atom. The van der Waals surface area contributed by atoms with E-state index in [1.807, 2.05) is 0 Å². The Morgan fingerprint density at radius 3 is 2.52 bits per heavy atom. The zero-order valence-corrected chi connectivity index (χ0v) is 15.0. The normalized spacial score (nSPS) is 10.5. The lowest BCUT2D eigenvalue weighted by atomic mass is 10.1. The summed E-state index contributed by atoms with van der Waals surface area (Å²) in [6, 6.07) is 7.96. The molecule has 0 atom stereocenters. The summed E-state index contributed by atoms with van der Waals surface area (Å²) in [6.45, 7) is 3.49. The molecule has 0 saturated heterocycles. The number of nitrogens with one attached hydrogen (secondary N) is 3. The van der Waals surface area contributed by atoms with Gasteiger partial charge in [0, 0.05) is 24.4 Å². The SMILES string of the molecule is CNC(=O)c1cccc(NC(=O)c2cnn(-c3ccc(=O)[nH]n3)c2C)c1C. The fourth-order valence-electron chi connectivity index (χ4n) is 2.66. The third-order valence-corrected chi connectivity index (χ3v) is 4.19. The predicted octanol–water partition coefficient (Wildman–Crippen LogP) is 1.18. The minimum Gasteiger partial charge on any atom is -0.355 e. The molecule has 138 valence electrons. The molecule has 27 heavy (non-hydrogen) atoms. The Kier molecular flexibility index (Phi) is 4.84. The number of hydrogen-bond acceptors (Lipinski definition) is 5. The maximum absolute atomic E-state index is 12.7. The summed E-state index contributed by atoms with van der Waals surface area (Å²) in [7, 11) is 1.55. The second-order valence-corrected chi connectivity index (χ2v) is 5.85. The molecule has 0 aliphatic heterocycles. The van der Waals surface area contributed by atoms with Gasteiger partial charge in [-0.3, -0.25) is 14.4 Å². The molecule has 0 unspecified atom stereocenters. The van der Waals surface area contributed by atoms with Gasteiger partial charge in [-0.1, -0.05) is 6.07 Å². The molecular weight excluding hydrogens is 348 g/mol. The van der Waals surface area contributed by atoms with Crippen LogP contribution in [0.15, 0.2) is 41.3 Å². The van der Waals surface area contributed by atoms with Crippen LogP contribution in [0.5, 0.6) is 0 Å². The molecular formula is C18H18N6O3. The van der Waals surface area contributed by atoms with Gasteiger partial charge in [-0.2, -0.15) is 10.2 Å². The minimum absolute atomic E-state index is 0.225. The Labute approximate surface area is 154 Å². The van der Waals surface area contributed by atoms with Crippen molar-refractivity contribution in [2.45, 2.75) is 13.8 Å². The van der Waals surface area contributed by atoms with Crippen LogP contribution in [0.1, 0.15) is 32.0 Å². The van der Waals surface area contributed by atoms with Gasteiger partial charge >= 0.3 is 0 Å². The molecule has 2 aromatic heterocycles. The van der Waals surface area contributed by atoms with E-state index < -0.39 is 0 Å². The summed E-state index contributed by atoms with van der Waals surface area (Å²) < 4.78 is 1.46. The lowest BCUT2D eigenvalue weighted by Crippen LogP contribution is -2.20. The molecule has 3 aromatic rings. The maximum Gasteiger partial charge on any atom is 0.264 e. The molecule has 2 heterocycles. The summed E-state index contributed by atoms with van der Waals surface area (Å²) in [5, 5.41) is 15.8. The summed E-state index contributed by atoms with van der Waals surface area (Å²) in [5.41, 5.74) is 2.28. The van der Waals surface area contributed by atoms with Crippen molar-refractivity contribution in [1.82, 2.24) is 25.3 Å². The number of anilines is 1. The Morgan fingerprint density at radius 1 is 1.07 bits per heavy atom. The molecule has 0 bridgehead atoms. The number of aromatic amines is 1. The average molecular weight is 366 g/mol. The van der Waals surface area contributed by atoms with Crippen molar-refractivity contribution in [1.29, 1.82) is 0 Å². The molecule has 3 N–H and O–H groups in total. The van der Waals surface area contributed by atoms with Gasteiger partial charge in [0.2, 0.25) is 0 Å². The molecule has 0 aliphatic rings. The fourth-order valence-corrected chi connectivity index (χ4v) is 2.66. The number of nitrogens with zero attached hydrogens (tertiary/aromatic N) is 3. The van der Waals surface area contributed by atoms with Crippen LogP contribution >= 0.6 is 0 Å². The highest BCUT2D eigenvalue weighted by atomic mass is 16.2. The quantitative estimate of drug-likeness (QED) is 0.640. The van der Waals surface area contributed by atoms with E-state index in [2.05, 4.69) is 25.9 Å². The largest absolute Gasteiger partial charge is 0.355 e. The molecule has 0 spiro atoms. The van der Waals surface area contributed by atoms with Crippen LogP contribution in [0.4, 0.5) is 5.69 Å². The van der Waals surface area contributed by atoms with Crippen molar-refractivity contribution in [3.63, 3.8) is 0 Å². The highest BCUT2D eigenvalue weighted by Gasteiger charge is 2.18. The van der Waals surface area contributed by atoms with Crippen LogP contribution in [0, 0.1) is 13.8 Å². The Hall–Kier alpha value is -3.75. The van der Waals surface area contributed by atoms with Crippen molar-refractivity contribution in [2.75, 3.05) is 12.4 Å². The number of H-pyrrole nitrogens is 1. The number of carbonyl (C=O) groups is 2. The Bertz CT molecular complexity index is 1060. The van der Waals surface area contributed by atoms with Crippen LogP contribution in [0.3, 0.4) is 0 Å². The van der Waals surface area contributed by atoms with E-state index in [9.17, 15) is 14.4 Å². The second-order valence-electron chi connectivity index (χ2n) is 5.85. The van der Waals surface area contributed by atoms with Gasteiger partial charge in [-0.15, -0.1) is 0 Å². The zero-order valence-electron chi connectivity index (χ0n) is 15.0. The van der Waals surface area contributed by atoms with E-state index in [0.717, 1.165) is 0 Å². The highest BCUT2D eigenvalue weighted by molar-refractivity contribution is 6.06. The first-order valence-electron chi connectivity index (χ1n) is 8.16. The highest BCUT2D eigenvalue weighted by Crippen LogP contribution is 2.21. The molecule has 9 nitrogen and oxygen atoms in total. The van der Waals surface area contributed by atoms with Gasteiger partial charge in [0.05, 0.1) is 17.5 Å². The second kappa shape index (κ2) is 7.24. The first kappa shape index (κ1) is 18.1. The van der Waals surface area contributed by atoms with Gasteiger partial charge in [0.15, 0.2) is 5.82 Å². The summed E-state index contributed by atoms with van der Waals surface area (Å²) in [4.78, 5) is 35.7. The van der Waals surface area contributed by atoms with Gasteiger partial charge in [0.25, 0.3) is 17.4 Å². The average Bonchev–Trinajstić information content (AvgIpc) is 3.05. The topological polar surface area (TPSA) is 122 Å². The van der Waals surface area contributed by atoms with Gasteiger partial charge in [-0.05, 0) is 37.6 Å². The van der Waals surface area contributed by atoms with Crippen LogP contribution in [0.25, 0.3) is 5.82 Å². The van der Waals surface area contributed by atoms with Gasteiger partial charge < -0.3 is 10.6 Å². The van der Waals surface area contributed by atoms with Crippen LogP contribution in [-0.4, -0.2) is 38.8 Å². The first-order chi connectivity index (χ1) is 12.9. The van der Waals surface area contributed by atoms with Crippen molar-refractivity contribution < 1.29 is 9.59 Å². The zero-order chi connectivity index (χ0) is 19.6. The summed E-state index contributed by atoms with van der Waals surface area (Å²) in [5.74, 6) is -0.194.